The lowest BCUT2D eigenvalue weighted by Crippen LogP contribution is -2.37. The van der Waals surface area contributed by atoms with E-state index in [2.05, 4.69) is 5.32 Å². The summed E-state index contributed by atoms with van der Waals surface area (Å²) in [5.74, 6) is -0.465. The molecule has 1 aliphatic carbocycles. The van der Waals surface area contributed by atoms with Crippen molar-refractivity contribution in [2.24, 2.45) is 5.92 Å². The van der Waals surface area contributed by atoms with Gasteiger partial charge in [0.15, 0.2) is 0 Å². The Bertz CT molecular complexity index is 544. The topological polar surface area (TPSA) is 69.6 Å². The van der Waals surface area contributed by atoms with E-state index in [0.29, 0.717) is 18.2 Å². The van der Waals surface area contributed by atoms with Crippen molar-refractivity contribution in [2.75, 3.05) is 18.4 Å². The van der Waals surface area contributed by atoms with Gasteiger partial charge in [0.05, 0.1) is 5.56 Å². The summed E-state index contributed by atoms with van der Waals surface area (Å²) in [5, 5.41) is 12.0. The first kappa shape index (κ1) is 15.6. The lowest BCUT2D eigenvalue weighted by molar-refractivity contribution is 0.0697. The Morgan fingerprint density at radius 2 is 2.10 bits per heavy atom. The van der Waals surface area contributed by atoms with Crippen molar-refractivity contribution < 1.29 is 14.7 Å². The second-order valence-electron chi connectivity index (χ2n) is 5.35. The van der Waals surface area contributed by atoms with Crippen LogP contribution < -0.4 is 5.32 Å². The van der Waals surface area contributed by atoms with Gasteiger partial charge in [-0.05, 0) is 43.4 Å². The monoisotopic (exact) mass is 310 g/mol. The predicted molar refractivity (Wildman–Crippen MR) is 82.0 cm³/mol. The highest BCUT2D eigenvalue weighted by Gasteiger charge is 2.26. The summed E-state index contributed by atoms with van der Waals surface area (Å²) in [6, 6.07) is 4.11. The van der Waals surface area contributed by atoms with E-state index in [-0.39, 0.29) is 16.6 Å². The van der Waals surface area contributed by atoms with Crippen LogP contribution in [0, 0.1) is 5.92 Å². The third-order valence-electron chi connectivity index (χ3n) is 3.35. The molecule has 0 unspecified atom stereocenters. The third kappa shape index (κ3) is 4.63. The van der Waals surface area contributed by atoms with Crippen molar-refractivity contribution in [1.29, 1.82) is 0 Å². The number of hydrogen-bond acceptors (Lipinski definition) is 2. The first-order chi connectivity index (χ1) is 9.99. The summed E-state index contributed by atoms with van der Waals surface area (Å²) in [7, 11) is 0. The molecule has 2 amide bonds. The molecular weight excluding hydrogens is 292 g/mol. The fraction of sp³-hybridized carbons (Fsp3) is 0.467. The highest BCUT2D eigenvalue weighted by Crippen LogP contribution is 2.30. The maximum atomic E-state index is 12.3. The molecule has 2 N–H and O–H groups in total. The molecule has 0 aromatic heterocycles. The van der Waals surface area contributed by atoms with Gasteiger partial charge in [0.2, 0.25) is 0 Å². The number of carboxylic acids is 1. The summed E-state index contributed by atoms with van der Waals surface area (Å²) < 4.78 is 0. The van der Waals surface area contributed by atoms with Gasteiger partial charge in [-0.2, -0.15) is 0 Å². The van der Waals surface area contributed by atoms with Crippen LogP contribution in [-0.2, 0) is 0 Å². The Morgan fingerprint density at radius 1 is 1.38 bits per heavy atom. The van der Waals surface area contributed by atoms with Crippen LogP contribution in [-0.4, -0.2) is 35.1 Å². The van der Waals surface area contributed by atoms with Gasteiger partial charge in [-0.15, -0.1) is 0 Å². The van der Waals surface area contributed by atoms with Gasteiger partial charge < -0.3 is 15.3 Å². The molecule has 0 saturated heterocycles. The van der Waals surface area contributed by atoms with Crippen molar-refractivity contribution in [2.45, 2.75) is 26.2 Å². The Kier molecular flexibility index (Phi) is 5.07. The maximum absolute atomic E-state index is 12.3. The molecule has 1 saturated carbocycles. The number of nitrogens with one attached hydrogen (secondary N) is 1. The van der Waals surface area contributed by atoms with E-state index >= 15 is 0 Å². The maximum Gasteiger partial charge on any atom is 0.335 e. The number of carbonyl (C=O) groups is 2. The van der Waals surface area contributed by atoms with Crippen LogP contribution in [0.4, 0.5) is 10.5 Å². The molecule has 1 aliphatic rings. The first-order valence-corrected chi connectivity index (χ1v) is 7.47. The summed E-state index contributed by atoms with van der Waals surface area (Å²) in [4.78, 5) is 25.1. The van der Waals surface area contributed by atoms with Crippen molar-refractivity contribution in [3.63, 3.8) is 0 Å². The van der Waals surface area contributed by atoms with E-state index in [4.69, 9.17) is 16.7 Å². The smallest absolute Gasteiger partial charge is 0.335 e. The van der Waals surface area contributed by atoms with E-state index in [1.54, 1.807) is 11.0 Å². The number of aromatic carboxylic acids is 1. The van der Waals surface area contributed by atoms with Crippen molar-refractivity contribution >= 4 is 29.3 Å². The molecule has 0 heterocycles. The highest BCUT2D eigenvalue weighted by molar-refractivity contribution is 6.31. The molecule has 6 heteroatoms. The van der Waals surface area contributed by atoms with E-state index in [9.17, 15) is 9.59 Å². The molecule has 1 aromatic rings. The van der Waals surface area contributed by atoms with Crippen LogP contribution in [0.5, 0.6) is 0 Å². The fourth-order valence-corrected chi connectivity index (χ4v) is 2.38. The number of carboxylic acid groups (broad SMARTS) is 1. The van der Waals surface area contributed by atoms with Crippen molar-refractivity contribution in [3.05, 3.63) is 28.8 Å². The minimum absolute atomic E-state index is 0.0574. The Hall–Kier alpha value is -1.75. The zero-order valence-corrected chi connectivity index (χ0v) is 12.7. The molecular formula is C15H19ClN2O3. The predicted octanol–water partition coefficient (Wildman–Crippen LogP) is 3.69. The van der Waals surface area contributed by atoms with Gasteiger partial charge in [0.1, 0.15) is 0 Å². The van der Waals surface area contributed by atoms with Crippen molar-refractivity contribution in [1.82, 2.24) is 4.90 Å². The molecule has 1 fully saturated rings. The van der Waals surface area contributed by atoms with Gasteiger partial charge >= 0.3 is 12.0 Å². The zero-order chi connectivity index (χ0) is 15.4. The van der Waals surface area contributed by atoms with Crippen LogP contribution >= 0.6 is 11.6 Å². The molecule has 5 nitrogen and oxygen atoms in total. The van der Waals surface area contributed by atoms with Gasteiger partial charge in [0.25, 0.3) is 0 Å². The first-order valence-electron chi connectivity index (χ1n) is 7.09. The Morgan fingerprint density at radius 3 is 2.67 bits per heavy atom. The molecule has 21 heavy (non-hydrogen) atoms. The summed E-state index contributed by atoms with van der Waals surface area (Å²) >= 11 is 5.88. The Balaban J connectivity index is 2.07. The number of rotatable bonds is 6. The molecule has 0 atom stereocenters. The number of carbonyl (C=O) groups excluding carboxylic acids is 1. The standard InChI is InChI=1S/C15H19ClN2O3/c1-2-5-18(9-10-3-4-10)15(21)17-13-7-11(14(19)20)6-12(16)8-13/h6-8,10H,2-5,9H2,1H3,(H,17,21)(H,19,20). The van der Waals surface area contributed by atoms with Crippen LogP contribution in [0.3, 0.4) is 0 Å². The van der Waals surface area contributed by atoms with Gasteiger partial charge in [-0.25, -0.2) is 9.59 Å². The minimum atomic E-state index is -1.07. The van der Waals surface area contributed by atoms with Gasteiger partial charge in [0, 0.05) is 23.8 Å². The average molecular weight is 311 g/mol. The van der Waals surface area contributed by atoms with E-state index in [1.165, 1.54) is 25.0 Å². The second-order valence-corrected chi connectivity index (χ2v) is 5.79. The highest BCUT2D eigenvalue weighted by atomic mass is 35.5. The van der Waals surface area contributed by atoms with Crippen LogP contribution in [0.15, 0.2) is 18.2 Å². The number of urea groups is 1. The van der Waals surface area contributed by atoms with Crippen LogP contribution in [0.2, 0.25) is 5.02 Å². The number of nitrogens with zero attached hydrogens (tertiary/aromatic N) is 1. The molecule has 114 valence electrons. The average Bonchev–Trinajstić information content (AvgIpc) is 3.21. The van der Waals surface area contributed by atoms with Gasteiger partial charge in [-0.3, -0.25) is 0 Å². The normalized spacial score (nSPS) is 13.8. The number of anilines is 1. The number of halogens is 1. The largest absolute Gasteiger partial charge is 0.478 e. The summed E-state index contributed by atoms with van der Waals surface area (Å²) in [6.45, 7) is 3.47. The van der Waals surface area contributed by atoms with Crippen molar-refractivity contribution in [3.8, 4) is 0 Å². The lowest BCUT2D eigenvalue weighted by atomic mass is 10.2. The van der Waals surface area contributed by atoms with E-state index in [1.807, 2.05) is 6.92 Å². The number of hydrogen-bond donors (Lipinski definition) is 2. The lowest BCUT2D eigenvalue weighted by Gasteiger charge is -2.22. The molecule has 0 aliphatic heterocycles. The quantitative estimate of drug-likeness (QED) is 0.842. The summed E-state index contributed by atoms with van der Waals surface area (Å²) in [6.07, 6.45) is 3.23. The number of benzene rings is 1. The summed E-state index contributed by atoms with van der Waals surface area (Å²) in [5.41, 5.74) is 0.462. The molecule has 2 rings (SSSR count). The van der Waals surface area contributed by atoms with Crippen LogP contribution in [0.25, 0.3) is 0 Å². The zero-order valence-electron chi connectivity index (χ0n) is 11.9. The molecule has 0 spiro atoms. The SMILES string of the molecule is CCCN(CC1CC1)C(=O)Nc1cc(Cl)cc(C(=O)O)c1. The van der Waals surface area contributed by atoms with Gasteiger partial charge in [-0.1, -0.05) is 18.5 Å². The minimum Gasteiger partial charge on any atom is -0.478 e. The van der Waals surface area contributed by atoms with E-state index in [0.717, 1.165) is 13.0 Å². The Labute approximate surface area is 128 Å². The van der Waals surface area contributed by atoms with Crippen LogP contribution in [0.1, 0.15) is 36.5 Å². The second kappa shape index (κ2) is 6.80. The van der Waals surface area contributed by atoms with E-state index < -0.39 is 5.97 Å². The third-order valence-corrected chi connectivity index (χ3v) is 3.57. The molecule has 0 bridgehead atoms. The fourth-order valence-electron chi connectivity index (χ4n) is 2.15. The molecule has 1 aromatic carbocycles. The number of amides is 2. The molecule has 0 radical (unpaired) electrons.